The van der Waals surface area contributed by atoms with Crippen LogP contribution in [0.5, 0.6) is 0 Å². The van der Waals surface area contributed by atoms with Gasteiger partial charge in [-0.05, 0) is 51.6 Å². The van der Waals surface area contributed by atoms with Crippen LogP contribution in [-0.4, -0.2) is 29.7 Å². The lowest BCUT2D eigenvalue weighted by Gasteiger charge is -2.27. The number of nitrogens with one attached hydrogen (secondary N) is 2. The monoisotopic (exact) mass is 460 g/mol. The van der Waals surface area contributed by atoms with Gasteiger partial charge in [0.2, 0.25) is 5.91 Å². The third-order valence-corrected chi connectivity index (χ3v) is 5.64. The lowest BCUT2D eigenvalue weighted by molar-refractivity contribution is -0.120. The summed E-state index contributed by atoms with van der Waals surface area (Å²) in [6.45, 7) is 15.2. The Morgan fingerprint density at radius 2 is 1.39 bits per heavy atom. The second-order valence-corrected chi connectivity index (χ2v) is 10.9. The van der Waals surface area contributed by atoms with Crippen molar-refractivity contribution in [1.29, 1.82) is 0 Å². The number of aliphatic hydroxyl groups is 1. The Morgan fingerprint density at radius 1 is 0.879 bits per heavy atom. The summed E-state index contributed by atoms with van der Waals surface area (Å²) in [5, 5.41) is 16.7. The van der Waals surface area contributed by atoms with E-state index in [-0.39, 0.29) is 29.7 Å². The van der Waals surface area contributed by atoms with Crippen molar-refractivity contribution in [3.05, 3.63) is 70.3 Å². The molecule has 0 bridgehead atoms. The van der Waals surface area contributed by atoms with Crippen LogP contribution in [0.1, 0.15) is 70.7 Å². The number of rotatable bonds is 8. The van der Waals surface area contributed by atoms with Crippen molar-refractivity contribution in [3.8, 4) is 0 Å². The van der Waals surface area contributed by atoms with Crippen molar-refractivity contribution < 1.29 is 18.7 Å². The first-order valence-corrected chi connectivity index (χ1v) is 11.4. The molecule has 33 heavy (non-hydrogen) atoms. The van der Waals surface area contributed by atoms with Gasteiger partial charge in [-0.25, -0.2) is 8.78 Å². The fraction of sp³-hybridized carbons (Fsp3) is 0.519. The average Bonchev–Trinajstić information content (AvgIpc) is 2.64. The summed E-state index contributed by atoms with van der Waals surface area (Å²) >= 11 is 0. The number of carbonyl (C=O) groups excluding carboxylic acids is 1. The van der Waals surface area contributed by atoms with E-state index in [1.807, 2.05) is 0 Å². The van der Waals surface area contributed by atoms with Gasteiger partial charge in [-0.3, -0.25) is 4.79 Å². The first-order chi connectivity index (χ1) is 15.1. The number of halogens is 2. The quantitative estimate of drug-likeness (QED) is 0.532. The van der Waals surface area contributed by atoms with E-state index in [0.29, 0.717) is 12.1 Å². The van der Waals surface area contributed by atoms with Crippen LogP contribution in [0.25, 0.3) is 0 Å². The molecule has 2 atom stereocenters. The summed E-state index contributed by atoms with van der Waals surface area (Å²) in [4.78, 5) is 11.7. The predicted octanol–water partition coefficient (Wildman–Crippen LogP) is 4.76. The van der Waals surface area contributed by atoms with Crippen molar-refractivity contribution in [2.45, 2.75) is 84.4 Å². The van der Waals surface area contributed by atoms with Gasteiger partial charge in [-0.15, -0.1) is 0 Å². The minimum atomic E-state index is -0.937. The van der Waals surface area contributed by atoms with Gasteiger partial charge >= 0.3 is 0 Å². The van der Waals surface area contributed by atoms with Crippen LogP contribution < -0.4 is 10.6 Å². The van der Waals surface area contributed by atoms with Gasteiger partial charge in [0.15, 0.2) is 0 Å². The molecule has 0 radical (unpaired) electrons. The molecule has 0 saturated carbocycles. The van der Waals surface area contributed by atoms with E-state index in [1.165, 1.54) is 30.2 Å². The summed E-state index contributed by atoms with van der Waals surface area (Å²) in [5.74, 6) is -1.69. The Kier molecular flexibility index (Phi) is 8.77. The molecule has 182 valence electrons. The first kappa shape index (κ1) is 26.9. The third-order valence-electron chi connectivity index (χ3n) is 5.64. The van der Waals surface area contributed by atoms with Crippen LogP contribution in [-0.2, 0) is 28.6 Å². The van der Waals surface area contributed by atoms with Gasteiger partial charge in [-0.1, -0.05) is 59.7 Å². The molecule has 0 spiro atoms. The van der Waals surface area contributed by atoms with Crippen molar-refractivity contribution in [1.82, 2.24) is 10.6 Å². The molecule has 2 aromatic carbocycles. The van der Waals surface area contributed by atoms with Gasteiger partial charge in [0.1, 0.15) is 11.6 Å². The van der Waals surface area contributed by atoms with Crippen molar-refractivity contribution in [3.63, 3.8) is 0 Å². The van der Waals surface area contributed by atoms with E-state index in [1.54, 1.807) is 0 Å². The van der Waals surface area contributed by atoms with E-state index in [4.69, 9.17) is 0 Å². The number of hydrogen-bond donors (Lipinski definition) is 3. The van der Waals surface area contributed by atoms with Crippen LogP contribution in [0.3, 0.4) is 0 Å². The van der Waals surface area contributed by atoms with Crippen LogP contribution in [0.15, 0.2) is 36.4 Å². The Labute approximate surface area is 196 Å². The number of amides is 1. The van der Waals surface area contributed by atoms with Crippen molar-refractivity contribution in [2.75, 3.05) is 6.54 Å². The summed E-state index contributed by atoms with van der Waals surface area (Å²) in [6, 6.07) is 9.15. The maximum atomic E-state index is 13.6. The molecule has 0 aliphatic heterocycles. The van der Waals surface area contributed by atoms with Gasteiger partial charge in [0.25, 0.3) is 0 Å². The Morgan fingerprint density at radius 3 is 1.85 bits per heavy atom. The van der Waals surface area contributed by atoms with E-state index >= 15 is 0 Å². The molecule has 2 aromatic rings. The highest BCUT2D eigenvalue weighted by molar-refractivity contribution is 5.73. The lowest BCUT2D eigenvalue weighted by atomic mass is 9.79. The van der Waals surface area contributed by atoms with Crippen molar-refractivity contribution in [2.24, 2.45) is 0 Å². The lowest BCUT2D eigenvalue weighted by Crippen LogP contribution is -2.48. The highest BCUT2D eigenvalue weighted by Gasteiger charge is 2.23. The van der Waals surface area contributed by atoms with Gasteiger partial charge in [-0.2, -0.15) is 0 Å². The van der Waals surface area contributed by atoms with E-state index in [9.17, 15) is 18.7 Å². The standard InChI is InChI=1S/C27H38F2N2O2/c1-17(32)31-24(12-18-10-22(28)14-23(29)11-18)25(33)16-30-15-19-8-20(26(2,3)4)13-21(9-19)27(5,6)7/h8-11,13-14,24-25,30,33H,12,15-16H2,1-7H3,(H,31,32)/t24-,25+/m0/s1. The van der Waals surface area contributed by atoms with Crippen LogP contribution in [0, 0.1) is 11.6 Å². The third kappa shape index (κ3) is 8.52. The van der Waals surface area contributed by atoms with Crippen molar-refractivity contribution >= 4 is 5.91 Å². The molecule has 0 fully saturated rings. The zero-order chi connectivity index (χ0) is 25.0. The second kappa shape index (κ2) is 10.7. The molecule has 0 aromatic heterocycles. The smallest absolute Gasteiger partial charge is 0.217 e. The van der Waals surface area contributed by atoms with Crippen LogP contribution in [0.2, 0.25) is 0 Å². The van der Waals surface area contributed by atoms with Gasteiger partial charge in [0, 0.05) is 26.1 Å². The van der Waals surface area contributed by atoms with Gasteiger partial charge in [0.05, 0.1) is 12.1 Å². The molecular formula is C27H38F2N2O2. The van der Waals surface area contributed by atoms with E-state index in [0.717, 1.165) is 11.6 Å². The molecule has 6 heteroatoms. The molecule has 0 aliphatic carbocycles. The number of aliphatic hydroxyl groups excluding tert-OH is 1. The highest BCUT2D eigenvalue weighted by Crippen LogP contribution is 2.30. The first-order valence-electron chi connectivity index (χ1n) is 11.4. The zero-order valence-electron chi connectivity index (χ0n) is 20.9. The number of carbonyl (C=O) groups is 1. The van der Waals surface area contributed by atoms with Crippen LogP contribution >= 0.6 is 0 Å². The van der Waals surface area contributed by atoms with Crippen LogP contribution in [0.4, 0.5) is 8.78 Å². The molecular weight excluding hydrogens is 422 g/mol. The molecule has 2 rings (SSSR count). The Bertz CT molecular complexity index is 909. The minimum Gasteiger partial charge on any atom is -0.390 e. The van der Waals surface area contributed by atoms with E-state index < -0.39 is 23.8 Å². The van der Waals surface area contributed by atoms with E-state index in [2.05, 4.69) is 70.4 Å². The molecule has 0 saturated heterocycles. The maximum Gasteiger partial charge on any atom is 0.217 e. The normalized spacial score (nSPS) is 14.1. The highest BCUT2D eigenvalue weighted by atomic mass is 19.1. The SMILES string of the molecule is CC(=O)N[C@@H](Cc1cc(F)cc(F)c1)[C@H](O)CNCc1cc(C(C)(C)C)cc(C(C)(C)C)c1. The summed E-state index contributed by atoms with van der Waals surface area (Å²) in [5.41, 5.74) is 3.99. The summed E-state index contributed by atoms with van der Waals surface area (Å²) in [7, 11) is 0. The number of hydrogen-bond acceptors (Lipinski definition) is 3. The molecule has 3 N–H and O–H groups in total. The molecule has 4 nitrogen and oxygen atoms in total. The molecule has 0 heterocycles. The average molecular weight is 461 g/mol. The molecule has 1 amide bonds. The Hall–Kier alpha value is -2.31. The zero-order valence-corrected chi connectivity index (χ0v) is 20.9. The maximum absolute atomic E-state index is 13.6. The number of benzene rings is 2. The fourth-order valence-corrected chi connectivity index (χ4v) is 3.69. The Balaban J connectivity index is 2.12. The van der Waals surface area contributed by atoms with Gasteiger partial charge < -0.3 is 15.7 Å². The predicted molar refractivity (Wildman–Crippen MR) is 129 cm³/mol. The largest absolute Gasteiger partial charge is 0.390 e. The molecule has 0 aliphatic rings. The topological polar surface area (TPSA) is 61.4 Å². The molecule has 0 unspecified atom stereocenters. The minimum absolute atomic E-state index is 0.00621. The summed E-state index contributed by atoms with van der Waals surface area (Å²) < 4.78 is 27.1. The summed E-state index contributed by atoms with van der Waals surface area (Å²) in [6.07, 6.45) is -0.821. The second-order valence-electron chi connectivity index (χ2n) is 10.9. The fourth-order valence-electron chi connectivity index (χ4n) is 3.69.